The third kappa shape index (κ3) is 7.53. The topological polar surface area (TPSA) is 24.5 Å². The van der Waals surface area contributed by atoms with E-state index < -0.39 is 0 Å². The number of halogens is 1. The molecule has 0 radical (unpaired) electrons. The zero-order valence-electron chi connectivity index (χ0n) is 12.0. The van der Waals surface area contributed by atoms with E-state index in [9.17, 15) is 0 Å². The molecule has 0 saturated heterocycles. The molecule has 0 saturated carbocycles. The maximum Gasteiger partial charge on any atom is 0.0587 e. The zero-order chi connectivity index (χ0) is 13.9. The van der Waals surface area contributed by atoms with E-state index >= 15 is 0 Å². The second kappa shape index (κ2) is 10.2. The molecule has 0 aliphatic rings. The molecule has 0 unspecified atom stereocenters. The first kappa shape index (κ1) is 16.4. The van der Waals surface area contributed by atoms with Crippen molar-refractivity contribution in [2.45, 2.75) is 19.4 Å². The van der Waals surface area contributed by atoms with Gasteiger partial charge in [0.1, 0.15) is 0 Å². The Labute approximate surface area is 121 Å². The fourth-order valence-corrected chi connectivity index (χ4v) is 2.12. The average molecular weight is 285 g/mol. The smallest absolute Gasteiger partial charge is 0.0587 e. The Morgan fingerprint density at radius 1 is 1.21 bits per heavy atom. The summed E-state index contributed by atoms with van der Waals surface area (Å²) in [6.45, 7) is 4.79. The van der Waals surface area contributed by atoms with Gasteiger partial charge < -0.3 is 15.0 Å². The number of nitrogens with zero attached hydrogens (tertiary/aromatic N) is 1. The van der Waals surface area contributed by atoms with Crippen LogP contribution in [0.4, 0.5) is 0 Å². The lowest BCUT2D eigenvalue weighted by Gasteiger charge is -2.17. The van der Waals surface area contributed by atoms with Gasteiger partial charge in [0.15, 0.2) is 0 Å². The minimum absolute atomic E-state index is 0.784. The number of unbranched alkanes of at least 4 members (excludes halogenated alkanes) is 1. The zero-order valence-corrected chi connectivity index (χ0v) is 12.7. The third-order valence-corrected chi connectivity index (χ3v) is 3.39. The Balaban J connectivity index is 2.08. The van der Waals surface area contributed by atoms with Crippen molar-refractivity contribution in [1.82, 2.24) is 10.2 Å². The second-order valence-corrected chi connectivity index (χ2v) is 5.19. The predicted octanol–water partition coefficient (Wildman–Crippen LogP) is 2.79. The van der Waals surface area contributed by atoms with Crippen LogP contribution in [0.2, 0.25) is 5.02 Å². The molecule has 0 heterocycles. The first-order chi connectivity index (χ1) is 9.24. The highest BCUT2D eigenvalue weighted by molar-refractivity contribution is 6.31. The van der Waals surface area contributed by atoms with E-state index in [1.165, 1.54) is 18.4 Å². The van der Waals surface area contributed by atoms with Gasteiger partial charge in [0.05, 0.1) is 6.61 Å². The van der Waals surface area contributed by atoms with Crippen LogP contribution < -0.4 is 5.32 Å². The van der Waals surface area contributed by atoms with Crippen molar-refractivity contribution in [2.24, 2.45) is 0 Å². The minimum atomic E-state index is 0.784. The van der Waals surface area contributed by atoms with E-state index in [2.05, 4.69) is 23.3 Å². The van der Waals surface area contributed by atoms with E-state index in [0.29, 0.717) is 0 Å². The maximum absolute atomic E-state index is 6.15. The summed E-state index contributed by atoms with van der Waals surface area (Å²) in [4.78, 5) is 2.32. The summed E-state index contributed by atoms with van der Waals surface area (Å²) in [6, 6.07) is 8.04. The first-order valence-electron chi connectivity index (χ1n) is 6.85. The van der Waals surface area contributed by atoms with Crippen molar-refractivity contribution in [1.29, 1.82) is 0 Å². The number of hydrogen-bond acceptors (Lipinski definition) is 3. The van der Waals surface area contributed by atoms with Gasteiger partial charge in [-0.25, -0.2) is 0 Å². The SMILES string of the molecule is COCCNCCCCN(C)Cc1ccccc1Cl. The molecular formula is C15H25ClN2O. The summed E-state index contributed by atoms with van der Waals surface area (Å²) < 4.78 is 4.98. The van der Waals surface area contributed by atoms with Crippen molar-refractivity contribution in [2.75, 3.05) is 40.4 Å². The molecule has 0 spiro atoms. The van der Waals surface area contributed by atoms with E-state index in [0.717, 1.165) is 37.8 Å². The van der Waals surface area contributed by atoms with E-state index in [1.54, 1.807) is 7.11 Å². The number of rotatable bonds is 10. The minimum Gasteiger partial charge on any atom is -0.383 e. The Morgan fingerprint density at radius 2 is 2.00 bits per heavy atom. The van der Waals surface area contributed by atoms with Crippen LogP contribution in [0.15, 0.2) is 24.3 Å². The van der Waals surface area contributed by atoms with Crippen molar-refractivity contribution in [3.63, 3.8) is 0 Å². The molecule has 0 aliphatic carbocycles. The fourth-order valence-electron chi connectivity index (χ4n) is 1.93. The summed E-state index contributed by atoms with van der Waals surface area (Å²) in [5, 5.41) is 4.21. The largest absolute Gasteiger partial charge is 0.383 e. The Kier molecular flexibility index (Phi) is 8.84. The van der Waals surface area contributed by atoms with Gasteiger partial charge in [-0.3, -0.25) is 0 Å². The van der Waals surface area contributed by atoms with Crippen LogP contribution in [0.5, 0.6) is 0 Å². The monoisotopic (exact) mass is 284 g/mol. The van der Waals surface area contributed by atoms with Crippen LogP contribution in [0.25, 0.3) is 0 Å². The Morgan fingerprint density at radius 3 is 2.74 bits per heavy atom. The van der Waals surface area contributed by atoms with Crippen molar-refractivity contribution in [3.8, 4) is 0 Å². The van der Waals surface area contributed by atoms with Gasteiger partial charge in [-0.05, 0) is 44.6 Å². The van der Waals surface area contributed by atoms with Crippen LogP contribution in [0.1, 0.15) is 18.4 Å². The van der Waals surface area contributed by atoms with Crippen LogP contribution in [-0.2, 0) is 11.3 Å². The summed E-state index contributed by atoms with van der Waals surface area (Å²) >= 11 is 6.15. The van der Waals surface area contributed by atoms with Gasteiger partial charge in [-0.1, -0.05) is 29.8 Å². The predicted molar refractivity (Wildman–Crippen MR) is 81.8 cm³/mol. The molecule has 1 aromatic rings. The molecule has 1 aromatic carbocycles. The van der Waals surface area contributed by atoms with Crippen molar-refractivity contribution in [3.05, 3.63) is 34.9 Å². The number of ether oxygens (including phenoxy) is 1. The molecule has 0 aromatic heterocycles. The molecule has 4 heteroatoms. The molecule has 0 amide bonds. The lowest BCUT2D eigenvalue weighted by atomic mass is 10.2. The second-order valence-electron chi connectivity index (χ2n) is 4.78. The molecule has 0 aliphatic heterocycles. The third-order valence-electron chi connectivity index (χ3n) is 3.02. The van der Waals surface area contributed by atoms with Gasteiger partial charge in [0.2, 0.25) is 0 Å². The first-order valence-corrected chi connectivity index (χ1v) is 7.23. The fraction of sp³-hybridized carbons (Fsp3) is 0.600. The molecule has 0 fully saturated rings. The number of benzene rings is 1. The highest BCUT2D eigenvalue weighted by Crippen LogP contribution is 2.16. The number of methoxy groups -OCH3 is 1. The Hall–Kier alpha value is -0.610. The molecule has 0 atom stereocenters. The number of hydrogen-bond donors (Lipinski definition) is 1. The molecular weight excluding hydrogens is 260 g/mol. The maximum atomic E-state index is 6.15. The Bertz CT molecular complexity index is 347. The molecule has 108 valence electrons. The van der Waals surface area contributed by atoms with Crippen LogP contribution >= 0.6 is 11.6 Å². The van der Waals surface area contributed by atoms with Crippen molar-refractivity contribution < 1.29 is 4.74 Å². The van der Waals surface area contributed by atoms with E-state index in [1.807, 2.05) is 18.2 Å². The van der Waals surface area contributed by atoms with Gasteiger partial charge in [-0.2, -0.15) is 0 Å². The standard InChI is InChI=1S/C15H25ClN2O/c1-18(11-6-5-9-17-10-12-19-2)13-14-7-3-4-8-15(14)16/h3-4,7-8,17H,5-6,9-13H2,1-2H3. The van der Waals surface area contributed by atoms with Gasteiger partial charge in [0, 0.05) is 25.2 Å². The van der Waals surface area contributed by atoms with Crippen molar-refractivity contribution >= 4 is 11.6 Å². The van der Waals surface area contributed by atoms with E-state index in [4.69, 9.17) is 16.3 Å². The lowest BCUT2D eigenvalue weighted by Crippen LogP contribution is -2.23. The van der Waals surface area contributed by atoms with Crippen LogP contribution in [-0.4, -0.2) is 45.3 Å². The quantitative estimate of drug-likeness (QED) is 0.669. The molecule has 19 heavy (non-hydrogen) atoms. The highest BCUT2D eigenvalue weighted by Gasteiger charge is 2.03. The highest BCUT2D eigenvalue weighted by atomic mass is 35.5. The van der Waals surface area contributed by atoms with Gasteiger partial charge in [-0.15, -0.1) is 0 Å². The molecule has 3 nitrogen and oxygen atoms in total. The molecule has 1 N–H and O–H groups in total. The average Bonchev–Trinajstić information content (AvgIpc) is 2.40. The van der Waals surface area contributed by atoms with Crippen LogP contribution in [0.3, 0.4) is 0 Å². The summed E-state index contributed by atoms with van der Waals surface area (Å²) in [5.41, 5.74) is 1.20. The normalized spacial score (nSPS) is 11.2. The lowest BCUT2D eigenvalue weighted by molar-refractivity contribution is 0.199. The summed E-state index contributed by atoms with van der Waals surface area (Å²) in [7, 11) is 3.87. The van der Waals surface area contributed by atoms with Gasteiger partial charge in [0.25, 0.3) is 0 Å². The molecule has 0 bridgehead atoms. The summed E-state index contributed by atoms with van der Waals surface area (Å²) in [6.07, 6.45) is 2.39. The number of nitrogens with one attached hydrogen (secondary N) is 1. The summed E-state index contributed by atoms with van der Waals surface area (Å²) in [5.74, 6) is 0. The van der Waals surface area contributed by atoms with Gasteiger partial charge >= 0.3 is 0 Å². The van der Waals surface area contributed by atoms with Crippen LogP contribution in [0, 0.1) is 0 Å². The van der Waals surface area contributed by atoms with E-state index in [-0.39, 0.29) is 0 Å². The molecule has 1 rings (SSSR count).